The minimum atomic E-state index is -1.19. The number of nitrogens with zero attached hydrogens (tertiary/aromatic N) is 3. The standard InChI is InChI=1S/C14H13N3O3/c1-9-6-11(10(7-15)8-16)13(14(19)20-9)12(18)4-5-17(2)3/h4-6,10H,1-3H3/b5-4+. The predicted octanol–water partition coefficient (Wildman–Crippen LogP) is 1.34. The van der Waals surface area contributed by atoms with Crippen molar-refractivity contribution in [2.45, 2.75) is 12.8 Å². The Hall–Kier alpha value is -2.86. The van der Waals surface area contributed by atoms with Crippen LogP contribution in [0.5, 0.6) is 0 Å². The van der Waals surface area contributed by atoms with Gasteiger partial charge in [0.05, 0.1) is 12.1 Å². The van der Waals surface area contributed by atoms with Gasteiger partial charge in [0, 0.05) is 31.9 Å². The second-order valence-electron chi connectivity index (χ2n) is 4.31. The average molecular weight is 271 g/mol. The van der Waals surface area contributed by atoms with E-state index < -0.39 is 17.3 Å². The molecular weight excluding hydrogens is 258 g/mol. The molecule has 1 heterocycles. The Morgan fingerprint density at radius 1 is 1.40 bits per heavy atom. The van der Waals surface area contributed by atoms with Crippen molar-refractivity contribution in [1.29, 1.82) is 10.5 Å². The van der Waals surface area contributed by atoms with Gasteiger partial charge in [-0.3, -0.25) is 4.79 Å². The Balaban J connectivity index is 3.47. The lowest BCUT2D eigenvalue weighted by Gasteiger charge is -2.07. The van der Waals surface area contributed by atoms with E-state index in [-0.39, 0.29) is 16.9 Å². The monoisotopic (exact) mass is 271 g/mol. The maximum Gasteiger partial charge on any atom is 0.347 e. The Bertz CT molecular complexity index is 673. The minimum Gasteiger partial charge on any atom is -0.428 e. The molecule has 0 saturated heterocycles. The third-order valence-electron chi connectivity index (χ3n) is 2.44. The zero-order valence-corrected chi connectivity index (χ0v) is 11.4. The predicted molar refractivity (Wildman–Crippen MR) is 70.8 cm³/mol. The lowest BCUT2D eigenvalue weighted by Crippen LogP contribution is -2.18. The molecule has 0 spiro atoms. The molecule has 1 aromatic rings. The summed E-state index contributed by atoms with van der Waals surface area (Å²) in [6.45, 7) is 1.51. The number of allylic oxidation sites excluding steroid dienone is 1. The Morgan fingerprint density at radius 3 is 2.50 bits per heavy atom. The van der Waals surface area contributed by atoms with Crippen LogP contribution in [0.3, 0.4) is 0 Å². The van der Waals surface area contributed by atoms with Gasteiger partial charge < -0.3 is 9.32 Å². The van der Waals surface area contributed by atoms with Gasteiger partial charge in [-0.15, -0.1) is 0 Å². The molecule has 0 aliphatic heterocycles. The first kappa shape index (κ1) is 15.2. The molecule has 0 radical (unpaired) electrons. The highest BCUT2D eigenvalue weighted by Crippen LogP contribution is 2.19. The first-order valence-corrected chi connectivity index (χ1v) is 5.73. The molecule has 0 bridgehead atoms. The Morgan fingerprint density at radius 2 is 2.00 bits per heavy atom. The SMILES string of the molecule is Cc1cc(C(C#N)C#N)c(C(=O)/C=C/N(C)C)c(=O)o1. The van der Waals surface area contributed by atoms with Crippen LogP contribution in [0.15, 0.2) is 27.6 Å². The van der Waals surface area contributed by atoms with Crippen LogP contribution in [0.4, 0.5) is 0 Å². The molecule has 1 rings (SSSR count). The molecule has 102 valence electrons. The number of hydrogen-bond acceptors (Lipinski definition) is 6. The number of nitriles is 2. The smallest absolute Gasteiger partial charge is 0.347 e. The van der Waals surface area contributed by atoms with E-state index >= 15 is 0 Å². The van der Waals surface area contributed by atoms with Crippen LogP contribution in [-0.4, -0.2) is 24.8 Å². The maximum atomic E-state index is 12.0. The largest absolute Gasteiger partial charge is 0.428 e. The van der Waals surface area contributed by atoms with E-state index in [9.17, 15) is 9.59 Å². The van der Waals surface area contributed by atoms with E-state index in [1.165, 1.54) is 25.3 Å². The molecule has 20 heavy (non-hydrogen) atoms. The summed E-state index contributed by atoms with van der Waals surface area (Å²) in [4.78, 5) is 25.5. The molecule has 0 unspecified atom stereocenters. The molecule has 1 aromatic heterocycles. The van der Waals surface area contributed by atoms with Crippen LogP contribution in [0.1, 0.15) is 27.6 Å². The third-order valence-corrected chi connectivity index (χ3v) is 2.44. The molecule has 0 aromatic carbocycles. The van der Waals surface area contributed by atoms with Crippen molar-refractivity contribution in [3.63, 3.8) is 0 Å². The van der Waals surface area contributed by atoms with E-state index in [1.54, 1.807) is 31.1 Å². The average Bonchev–Trinajstić information content (AvgIpc) is 2.36. The van der Waals surface area contributed by atoms with E-state index in [0.717, 1.165) is 0 Å². The fraction of sp³-hybridized carbons (Fsp3) is 0.286. The van der Waals surface area contributed by atoms with Crippen LogP contribution in [-0.2, 0) is 0 Å². The normalized spacial score (nSPS) is 10.3. The van der Waals surface area contributed by atoms with E-state index in [0.29, 0.717) is 0 Å². The van der Waals surface area contributed by atoms with Crippen molar-refractivity contribution in [3.8, 4) is 12.1 Å². The Kier molecular flexibility index (Phi) is 4.82. The number of ketones is 1. The van der Waals surface area contributed by atoms with Gasteiger partial charge in [0.1, 0.15) is 11.3 Å². The number of hydrogen-bond donors (Lipinski definition) is 0. The summed E-state index contributed by atoms with van der Waals surface area (Å²) < 4.78 is 4.87. The molecular formula is C14H13N3O3. The van der Waals surface area contributed by atoms with E-state index in [1.807, 2.05) is 0 Å². The topological polar surface area (TPSA) is 98.1 Å². The molecule has 0 fully saturated rings. The maximum absolute atomic E-state index is 12.0. The highest BCUT2D eigenvalue weighted by molar-refractivity contribution is 6.05. The number of rotatable bonds is 4. The fourth-order valence-corrected chi connectivity index (χ4v) is 1.57. The molecule has 6 heteroatoms. The highest BCUT2D eigenvalue weighted by Gasteiger charge is 2.22. The van der Waals surface area contributed by atoms with Crippen molar-refractivity contribution in [1.82, 2.24) is 4.90 Å². The van der Waals surface area contributed by atoms with Crippen LogP contribution >= 0.6 is 0 Å². The van der Waals surface area contributed by atoms with Gasteiger partial charge in [0.15, 0.2) is 11.7 Å². The first-order chi connectivity index (χ1) is 9.40. The molecule has 0 amide bonds. The van der Waals surface area contributed by atoms with Crippen molar-refractivity contribution in [3.05, 3.63) is 45.6 Å². The van der Waals surface area contributed by atoms with Gasteiger partial charge in [-0.2, -0.15) is 10.5 Å². The molecule has 0 atom stereocenters. The lowest BCUT2D eigenvalue weighted by molar-refractivity contribution is 0.104. The summed E-state index contributed by atoms with van der Waals surface area (Å²) in [5, 5.41) is 17.9. The summed E-state index contributed by atoms with van der Waals surface area (Å²) in [6, 6.07) is 4.88. The van der Waals surface area contributed by atoms with Crippen molar-refractivity contribution < 1.29 is 9.21 Å². The quantitative estimate of drug-likeness (QED) is 0.605. The second kappa shape index (κ2) is 6.35. The zero-order valence-electron chi connectivity index (χ0n) is 11.4. The summed E-state index contributed by atoms with van der Waals surface area (Å²) in [5.74, 6) is -1.55. The summed E-state index contributed by atoms with van der Waals surface area (Å²) in [5.41, 5.74) is -1.04. The van der Waals surface area contributed by atoms with Crippen LogP contribution in [0.25, 0.3) is 0 Å². The zero-order chi connectivity index (χ0) is 15.3. The summed E-state index contributed by atoms with van der Waals surface area (Å²) in [7, 11) is 3.44. The van der Waals surface area contributed by atoms with Crippen molar-refractivity contribution in [2.75, 3.05) is 14.1 Å². The van der Waals surface area contributed by atoms with Gasteiger partial charge in [-0.25, -0.2) is 4.79 Å². The number of carbonyl (C=O) groups excluding carboxylic acids is 1. The molecule has 0 aliphatic rings. The summed E-state index contributed by atoms with van der Waals surface area (Å²) in [6.07, 6.45) is 2.66. The van der Waals surface area contributed by atoms with Crippen molar-refractivity contribution >= 4 is 5.78 Å². The lowest BCUT2D eigenvalue weighted by atomic mass is 9.95. The minimum absolute atomic E-state index is 0.0807. The van der Waals surface area contributed by atoms with Gasteiger partial charge in [-0.05, 0) is 13.0 Å². The van der Waals surface area contributed by atoms with Crippen LogP contribution < -0.4 is 5.63 Å². The fourth-order valence-electron chi connectivity index (χ4n) is 1.57. The van der Waals surface area contributed by atoms with E-state index in [2.05, 4.69) is 0 Å². The van der Waals surface area contributed by atoms with E-state index in [4.69, 9.17) is 14.9 Å². The molecule has 6 nitrogen and oxygen atoms in total. The van der Waals surface area contributed by atoms with Gasteiger partial charge >= 0.3 is 5.63 Å². The van der Waals surface area contributed by atoms with Gasteiger partial charge in [0.2, 0.25) is 0 Å². The summed E-state index contributed by atoms with van der Waals surface area (Å²) >= 11 is 0. The number of carbonyl (C=O) groups is 1. The Labute approximate surface area is 116 Å². The molecule has 0 aliphatic carbocycles. The molecule has 0 saturated carbocycles. The van der Waals surface area contributed by atoms with Gasteiger partial charge in [-0.1, -0.05) is 0 Å². The van der Waals surface area contributed by atoms with Crippen LogP contribution in [0.2, 0.25) is 0 Å². The number of aryl methyl sites for hydroxylation is 1. The highest BCUT2D eigenvalue weighted by atomic mass is 16.4. The molecule has 0 N–H and O–H groups in total. The van der Waals surface area contributed by atoms with Crippen LogP contribution in [0, 0.1) is 29.6 Å². The van der Waals surface area contributed by atoms with Gasteiger partial charge in [0.25, 0.3) is 0 Å². The van der Waals surface area contributed by atoms with Crippen molar-refractivity contribution in [2.24, 2.45) is 0 Å². The third kappa shape index (κ3) is 3.33. The first-order valence-electron chi connectivity index (χ1n) is 5.73. The second-order valence-corrected chi connectivity index (χ2v) is 4.31.